The van der Waals surface area contributed by atoms with Crippen LogP contribution in [0, 0.1) is 10.1 Å². The lowest BCUT2D eigenvalue weighted by molar-refractivity contribution is -0.385. The van der Waals surface area contributed by atoms with Crippen molar-refractivity contribution >= 4 is 21.6 Å². The number of nitrogens with zero attached hydrogens (tertiary/aromatic N) is 1. The topological polar surface area (TPSA) is 77.3 Å². The molecule has 0 bridgehead atoms. The van der Waals surface area contributed by atoms with Crippen LogP contribution in [0.25, 0.3) is 6.08 Å². The Bertz CT molecular complexity index is 505. The molecule has 0 saturated heterocycles. The highest BCUT2D eigenvalue weighted by Crippen LogP contribution is 2.19. The van der Waals surface area contributed by atoms with Gasteiger partial charge >= 0.3 is 0 Å². The van der Waals surface area contributed by atoms with Crippen LogP contribution in [0.15, 0.2) is 29.7 Å². The van der Waals surface area contributed by atoms with Crippen molar-refractivity contribution in [2.75, 3.05) is 6.26 Å². The van der Waals surface area contributed by atoms with Crippen LogP contribution in [0.1, 0.15) is 5.56 Å². The van der Waals surface area contributed by atoms with E-state index in [1.807, 2.05) is 0 Å². The largest absolute Gasteiger partial charge is 0.276 e. The minimum Gasteiger partial charge on any atom is -0.258 e. The Kier molecular flexibility index (Phi) is 3.21. The molecule has 0 heterocycles. The van der Waals surface area contributed by atoms with Gasteiger partial charge in [-0.15, -0.1) is 0 Å². The summed E-state index contributed by atoms with van der Waals surface area (Å²) in [5.74, 6) is 0. The molecule has 1 rings (SSSR count). The van der Waals surface area contributed by atoms with E-state index in [9.17, 15) is 18.5 Å². The first-order valence-electron chi connectivity index (χ1n) is 4.02. The van der Waals surface area contributed by atoms with Crippen molar-refractivity contribution in [3.05, 3.63) is 45.4 Å². The number of rotatable bonds is 3. The summed E-state index contributed by atoms with van der Waals surface area (Å²) in [5, 5.41) is 11.5. The highest BCUT2D eigenvalue weighted by Gasteiger charge is 2.09. The molecule has 0 spiro atoms. The van der Waals surface area contributed by atoms with E-state index in [0.29, 0.717) is 0 Å². The average molecular weight is 227 g/mol. The molecule has 0 atom stereocenters. The first-order chi connectivity index (χ1) is 6.90. The molecule has 0 aromatic heterocycles. The zero-order chi connectivity index (χ0) is 11.5. The molecule has 0 radical (unpaired) electrons. The molecule has 0 fully saturated rings. The predicted octanol–water partition coefficient (Wildman–Crippen LogP) is 1.61. The highest BCUT2D eigenvalue weighted by molar-refractivity contribution is 7.93. The Morgan fingerprint density at radius 2 is 1.93 bits per heavy atom. The molecule has 6 heteroatoms. The molecule has 5 nitrogen and oxygen atoms in total. The van der Waals surface area contributed by atoms with Gasteiger partial charge in [0.25, 0.3) is 5.69 Å². The molecule has 0 saturated carbocycles. The van der Waals surface area contributed by atoms with E-state index >= 15 is 0 Å². The van der Waals surface area contributed by atoms with E-state index in [0.717, 1.165) is 11.7 Å². The molecule has 0 aliphatic carbocycles. The van der Waals surface area contributed by atoms with E-state index in [1.54, 1.807) is 6.07 Å². The molecule has 80 valence electrons. The van der Waals surface area contributed by atoms with E-state index < -0.39 is 14.8 Å². The number of nitro groups is 1. The van der Waals surface area contributed by atoms with Crippen LogP contribution in [0.4, 0.5) is 5.69 Å². The summed E-state index contributed by atoms with van der Waals surface area (Å²) in [7, 11) is -3.27. The zero-order valence-corrected chi connectivity index (χ0v) is 8.77. The molecule has 0 aliphatic rings. The van der Waals surface area contributed by atoms with Gasteiger partial charge in [0.05, 0.1) is 10.5 Å². The summed E-state index contributed by atoms with van der Waals surface area (Å²) in [6, 6.07) is 5.94. The van der Waals surface area contributed by atoms with Crippen molar-refractivity contribution < 1.29 is 13.3 Å². The summed E-state index contributed by atoms with van der Waals surface area (Å²) in [6.45, 7) is 0. The Morgan fingerprint density at radius 3 is 2.47 bits per heavy atom. The summed E-state index contributed by atoms with van der Waals surface area (Å²) in [5.41, 5.74) is 0.158. The fourth-order valence-corrected chi connectivity index (χ4v) is 1.39. The number of hydrogen-bond acceptors (Lipinski definition) is 4. The lowest BCUT2D eigenvalue weighted by Gasteiger charge is -1.95. The van der Waals surface area contributed by atoms with Crippen molar-refractivity contribution in [2.45, 2.75) is 0 Å². The molecular weight excluding hydrogens is 218 g/mol. The van der Waals surface area contributed by atoms with Gasteiger partial charge in [0.15, 0.2) is 9.84 Å². The third-order valence-electron chi connectivity index (χ3n) is 1.63. The standard InChI is InChI=1S/C9H9NO4S/c1-15(13,14)7-6-8-4-2-3-5-9(8)10(11)12/h2-7H,1H3. The minimum absolute atomic E-state index is 0.114. The quantitative estimate of drug-likeness (QED) is 0.580. The lowest BCUT2D eigenvalue weighted by Crippen LogP contribution is -1.92. The SMILES string of the molecule is CS(=O)(=O)C=Cc1ccccc1[N+](=O)[O-]. The third-order valence-corrected chi connectivity index (χ3v) is 2.26. The number of benzene rings is 1. The first-order valence-corrected chi connectivity index (χ1v) is 5.97. The molecule has 1 aromatic rings. The van der Waals surface area contributed by atoms with Crippen LogP contribution in [0.2, 0.25) is 0 Å². The number of hydrogen-bond donors (Lipinski definition) is 0. The van der Waals surface area contributed by atoms with Gasteiger partial charge in [-0.25, -0.2) is 8.42 Å². The second kappa shape index (κ2) is 4.22. The average Bonchev–Trinajstić information content (AvgIpc) is 2.14. The van der Waals surface area contributed by atoms with Crippen molar-refractivity contribution in [1.82, 2.24) is 0 Å². The summed E-state index contributed by atoms with van der Waals surface area (Å²) >= 11 is 0. The second-order valence-electron chi connectivity index (χ2n) is 2.95. The highest BCUT2D eigenvalue weighted by atomic mass is 32.2. The number of nitro benzene ring substituents is 1. The van der Waals surface area contributed by atoms with Crippen molar-refractivity contribution in [3.8, 4) is 0 Å². The van der Waals surface area contributed by atoms with Crippen LogP contribution in [0.3, 0.4) is 0 Å². The van der Waals surface area contributed by atoms with Gasteiger partial charge in [-0.2, -0.15) is 0 Å². The van der Waals surface area contributed by atoms with E-state index in [2.05, 4.69) is 0 Å². The molecule has 0 unspecified atom stereocenters. The normalized spacial score (nSPS) is 11.8. The van der Waals surface area contributed by atoms with Gasteiger partial charge < -0.3 is 0 Å². The third kappa shape index (κ3) is 3.51. The maximum atomic E-state index is 10.8. The van der Waals surface area contributed by atoms with Gasteiger partial charge in [-0.1, -0.05) is 12.1 Å². The Hall–Kier alpha value is -1.69. The maximum Gasteiger partial charge on any atom is 0.276 e. The Morgan fingerprint density at radius 1 is 1.33 bits per heavy atom. The molecule has 0 N–H and O–H groups in total. The van der Waals surface area contributed by atoms with E-state index in [-0.39, 0.29) is 11.3 Å². The lowest BCUT2D eigenvalue weighted by atomic mass is 10.2. The molecule has 0 amide bonds. The Balaban J connectivity index is 3.16. The van der Waals surface area contributed by atoms with Crippen molar-refractivity contribution in [1.29, 1.82) is 0 Å². The van der Waals surface area contributed by atoms with Gasteiger partial charge in [-0.3, -0.25) is 10.1 Å². The van der Waals surface area contributed by atoms with Gasteiger partial charge in [-0.05, 0) is 12.1 Å². The number of para-hydroxylation sites is 1. The van der Waals surface area contributed by atoms with Crippen LogP contribution < -0.4 is 0 Å². The fraction of sp³-hybridized carbons (Fsp3) is 0.111. The second-order valence-corrected chi connectivity index (χ2v) is 4.88. The molecule has 1 aromatic carbocycles. The summed E-state index contributed by atoms with van der Waals surface area (Å²) in [6.07, 6.45) is 2.24. The van der Waals surface area contributed by atoms with E-state index in [4.69, 9.17) is 0 Å². The van der Waals surface area contributed by atoms with E-state index in [1.165, 1.54) is 24.3 Å². The monoisotopic (exact) mass is 227 g/mol. The van der Waals surface area contributed by atoms with Gasteiger partial charge in [0.1, 0.15) is 0 Å². The van der Waals surface area contributed by atoms with Crippen LogP contribution in [-0.2, 0) is 9.84 Å². The molecular formula is C9H9NO4S. The summed E-state index contributed by atoms with van der Waals surface area (Å²) in [4.78, 5) is 10.0. The van der Waals surface area contributed by atoms with Crippen LogP contribution in [0.5, 0.6) is 0 Å². The van der Waals surface area contributed by atoms with Gasteiger partial charge in [0, 0.05) is 17.7 Å². The smallest absolute Gasteiger partial charge is 0.258 e. The number of sulfone groups is 1. The van der Waals surface area contributed by atoms with Crippen molar-refractivity contribution in [3.63, 3.8) is 0 Å². The van der Waals surface area contributed by atoms with Crippen molar-refractivity contribution in [2.24, 2.45) is 0 Å². The first kappa shape index (κ1) is 11.4. The molecule has 15 heavy (non-hydrogen) atoms. The predicted molar refractivity (Wildman–Crippen MR) is 57.0 cm³/mol. The summed E-state index contributed by atoms with van der Waals surface area (Å²) < 4.78 is 21.7. The molecule has 0 aliphatic heterocycles. The zero-order valence-electron chi connectivity index (χ0n) is 7.95. The maximum absolute atomic E-state index is 10.8. The minimum atomic E-state index is -3.27. The Labute approximate surface area is 87.1 Å². The van der Waals surface area contributed by atoms with Gasteiger partial charge in [0.2, 0.25) is 0 Å². The van der Waals surface area contributed by atoms with Crippen LogP contribution >= 0.6 is 0 Å². The van der Waals surface area contributed by atoms with Crippen LogP contribution in [-0.4, -0.2) is 19.6 Å². The fourth-order valence-electron chi connectivity index (χ4n) is 0.992.